The van der Waals surface area contributed by atoms with Gasteiger partial charge in [0.05, 0.1) is 5.69 Å². The Morgan fingerprint density at radius 1 is 0.947 bits per heavy atom. The first kappa shape index (κ1) is 11.5. The molecule has 19 heavy (non-hydrogen) atoms. The molecular formula is C16H14N2O. The molecule has 94 valence electrons. The zero-order valence-electron chi connectivity index (χ0n) is 10.6. The molecule has 0 aliphatic carbocycles. The van der Waals surface area contributed by atoms with Crippen molar-refractivity contribution < 1.29 is 5.11 Å². The number of aromatic nitrogens is 1. The monoisotopic (exact) mass is 250 g/mol. The van der Waals surface area contributed by atoms with Gasteiger partial charge in [-0.2, -0.15) is 0 Å². The predicted molar refractivity (Wildman–Crippen MR) is 76.2 cm³/mol. The lowest BCUT2D eigenvalue weighted by Gasteiger charge is -2.06. The first-order valence-corrected chi connectivity index (χ1v) is 6.12. The molecule has 2 aromatic carbocycles. The molecule has 3 aromatic rings. The molecule has 0 aliphatic rings. The van der Waals surface area contributed by atoms with Crippen LogP contribution in [-0.4, -0.2) is 9.67 Å². The van der Waals surface area contributed by atoms with Crippen molar-refractivity contribution in [3.8, 4) is 5.75 Å². The highest BCUT2D eigenvalue weighted by Crippen LogP contribution is 2.17. The molecule has 0 atom stereocenters. The number of hydrogen-bond donors (Lipinski definition) is 1. The maximum atomic E-state index is 9.47. The molecule has 0 unspecified atom stereocenters. The van der Waals surface area contributed by atoms with Gasteiger partial charge in [0.25, 0.3) is 0 Å². The van der Waals surface area contributed by atoms with Gasteiger partial charge in [0, 0.05) is 18.6 Å². The van der Waals surface area contributed by atoms with E-state index < -0.39 is 0 Å². The summed E-state index contributed by atoms with van der Waals surface area (Å²) in [5.41, 5.74) is 2.72. The molecule has 1 aromatic heterocycles. The van der Waals surface area contributed by atoms with Crippen LogP contribution >= 0.6 is 0 Å². The fourth-order valence-corrected chi connectivity index (χ4v) is 2.14. The van der Waals surface area contributed by atoms with Crippen molar-refractivity contribution in [2.75, 3.05) is 0 Å². The number of pyridine rings is 1. The minimum atomic E-state index is 0.227. The molecule has 3 nitrogen and oxygen atoms in total. The number of para-hydroxylation sites is 1. The molecule has 3 rings (SSSR count). The second-order valence-electron chi connectivity index (χ2n) is 4.44. The van der Waals surface area contributed by atoms with E-state index in [9.17, 15) is 5.11 Å². The topological polar surface area (TPSA) is 37.5 Å². The Morgan fingerprint density at radius 3 is 2.63 bits per heavy atom. The third-order valence-corrected chi connectivity index (χ3v) is 3.13. The maximum absolute atomic E-state index is 9.47. The van der Waals surface area contributed by atoms with Crippen LogP contribution in [0.5, 0.6) is 5.75 Å². The van der Waals surface area contributed by atoms with E-state index in [1.807, 2.05) is 35.9 Å². The van der Waals surface area contributed by atoms with Gasteiger partial charge in [-0.1, -0.05) is 24.3 Å². The summed E-state index contributed by atoms with van der Waals surface area (Å²) in [7, 11) is 1.99. The van der Waals surface area contributed by atoms with Gasteiger partial charge in [-0.25, -0.2) is 4.99 Å². The quantitative estimate of drug-likeness (QED) is 0.708. The third kappa shape index (κ3) is 2.22. The number of aryl methyl sites for hydroxylation is 1. The summed E-state index contributed by atoms with van der Waals surface area (Å²) in [6, 6.07) is 19.2. The van der Waals surface area contributed by atoms with Crippen LogP contribution in [0.25, 0.3) is 10.9 Å². The van der Waals surface area contributed by atoms with Crippen molar-refractivity contribution in [2.24, 2.45) is 12.0 Å². The number of hydrogen-bond acceptors (Lipinski definition) is 2. The summed E-state index contributed by atoms with van der Waals surface area (Å²) in [6.45, 7) is 0. The summed E-state index contributed by atoms with van der Waals surface area (Å²) < 4.78 is 2.04. The van der Waals surface area contributed by atoms with Crippen molar-refractivity contribution in [3.05, 3.63) is 66.2 Å². The van der Waals surface area contributed by atoms with Gasteiger partial charge in [-0.15, -0.1) is 0 Å². The van der Waals surface area contributed by atoms with Crippen LogP contribution in [0.15, 0.2) is 65.7 Å². The van der Waals surface area contributed by atoms with Crippen LogP contribution in [0.2, 0.25) is 0 Å². The van der Waals surface area contributed by atoms with E-state index in [-0.39, 0.29) is 5.75 Å². The summed E-state index contributed by atoms with van der Waals surface area (Å²) in [5.74, 6) is 0.227. The second-order valence-corrected chi connectivity index (χ2v) is 4.44. The average Bonchev–Trinajstić information content (AvgIpc) is 2.42. The van der Waals surface area contributed by atoms with Crippen LogP contribution in [0.3, 0.4) is 0 Å². The van der Waals surface area contributed by atoms with Gasteiger partial charge >= 0.3 is 0 Å². The smallest absolute Gasteiger partial charge is 0.133 e. The summed E-state index contributed by atoms with van der Waals surface area (Å²) in [4.78, 5) is 4.55. The Hall–Kier alpha value is -2.55. The summed E-state index contributed by atoms with van der Waals surface area (Å²) in [6.07, 6.45) is 0. The fourth-order valence-electron chi connectivity index (χ4n) is 2.14. The van der Waals surface area contributed by atoms with Gasteiger partial charge in [0.2, 0.25) is 0 Å². The maximum Gasteiger partial charge on any atom is 0.133 e. The van der Waals surface area contributed by atoms with Crippen molar-refractivity contribution in [1.29, 1.82) is 0 Å². The lowest BCUT2D eigenvalue weighted by Crippen LogP contribution is -2.16. The molecular weight excluding hydrogens is 236 g/mol. The number of nitrogens with zero attached hydrogens (tertiary/aromatic N) is 2. The van der Waals surface area contributed by atoms with Gasteiger partial charge < -0.3 is 9.67 Å². The van der Waals surface area contributed by atoms with E-state index in [1.54, 1.807) is 18.2 Å². The first-order valence-electron chi connectivity index (χ1n) is 6.12. The number of rotatable bonds is 1. The SMILES string of the molecule is Cn1c(=Nc2cccc(O)c2)ccc2ccccc21. The number of aromatic hydroxyl groups is 1. The molecule has 0 amide bonds. The molecule has 0 aliphatic heterocycles. The zero-order chi connectivity index (χ0) is 13.2. The molecule has 1 N–H and O–H groups in total. The highest BCUT2D eigenvalue weighted by Gasteiger charge is 1.97. The standard InChI is InChI=1S/C16H14N2O/c1-18-15-8-3-2-5-12(15)9-10-16(18)17-13-6-4-7-14(19)11-13/h2-11,19H,1H3. The highest BCUT2D eigenvalue weighted by atomic mass is 16.3. The van der Waals surface area contributed by atoms with Crippen molar-refractivity contribution in [1.82, 2.24) is 4.57 Å². The summed E-state index contributed by atoms with van der Waals surface area (Å²) in [5, 5.41) is 10.6. The van der Waals surface area contributed by atoms with Gasteiger partial charge in [-0.3, -0.25) is 0 Å². The van der Waals surface area contributed by atoms with E-state index in [2.05, 4.69) is 23.2 Å². The molecule has 0 spiro atoms. The second kappa shape index (κ2) is 4.61. The van der Waals surface area contributed by atoms with E-state index in [0.29, 0.717) is 0 Å². The van der Waals surface area contributed by atoms with Crippen LogP contribution in [-0.2, 0) is 7.05 Å². The lowest BCUT2D eigenvalue weighted by molar-refractivity contribution is 0.475. The largest absolute Gasteiger partial charge is 0.508 e. The average molecular weight is 250 g/mol. The van der Waals surface area contributed by atoms with Gasteiger partial charge in [-0.05, 0) is 35.7 Å². The molecule has 0 radical (unpaired) electrons. The number of benzene rings is 2. The van der Waals surface area contributed by atoms with Crippen molar-refractivity contribution >= 4 is 16.6 Å². The van der Waals surface area contributed by atoms with E-state index in [0.717, 1.165) is 16.7 Å². The Labute approximate surface area is 111 Å². The normalized spacial score (nSPS) is 11.9. The Kier molecular flexibility index (Phi) is 2.80. The highest BCUT2D eigenvalue weighted by molar-refractivity contribution is 5.78. The van der Waals surface area contributed by atoms with Crippen molar-refractivity contribution in [3.63, 3.8) is 0 Å². The third-order valence-electron chi connectivity index (χ3n) is 3.13. The van der Waals surface area contributed by atoms with E-state index in [1.165, 1.54) is 5.39 Å². The summed E-state index contributed by atoms with van der Waals surface area (Å²) >= 11 is 0. The molecule has 0 saturated carbocycles. The van der Waals surface area contributed by atoms with Gasteiger partial charge in [0.15, 0.2) is 0 Å². The molecule has 1 heterocycles. The Morgan fingerprint density at radius 2 is 1.79 bits per heavy atom. The molecule has 0 bridgehead atoms. The zero-order valence-corrected chi connectivity index (χ0v) is 10.6. The van der Waals surface area contributed by atoms with E-state index in [4.69, 9.17) is 0 Å². The van der Waals surface area contributed by atoms with Crippen LogP contribution in [0, 0.1) is 0 Å². The molecule has 0 fully saturated rings. The minimum absolute atomic E-state index is 0.227. The fraction of sp³-hybridized carbons (Fsp3) is 0.0625. The van der Waals surface area contributed by atoms with E-state index >= 15 is 0 Å². The first-order chi connectivity index (χ1) is 9.24. The van der Waals surface area contributed by atoms with Gasteiger partial charge in [0.1, 0.15) is 11.2 Å². The van der Waals surface area contributed by atoms with Crippen molar-refractivity contribution in [2.45, 2.75) is 0 Å². The Balaban J connectivity index is 2.23. The Bertz CT molecular complexity index is 803. The number of phenols is 1. The molecule has 3 heteroatoms. The lowest BCUT2D eigenvalue weighted by atomic mass is 10.2. The minimum Gasteiger partial charge on any atom is -0.508 e. The number of phenolic OH excluding ortho intramolecular Hbond substituents is 1. The van der Waals surface area contributed by atoms with Crippen LogP contribution in [0.4, 0.5) is 5.69 Å². The number of fused-ring (bicyclic) bond motifs is 1. The van der Waals surface area contributed by atoms with Crippen LogP contribution < -0.4 is 5.49 Å². The predicted octanol–water partition coefficient (Wildman–Crippen LogP) is 3.12. The molecule has 0 saturated heterocycles. The van der Waals surface area contributed by atoms with Crippen LogP contribution in [0.1, 0.15) is 0 Å².